The maximum absolute atomic E-state index is 10.5. The summed E-state index contributed by atoms with van der Waals surface area (Å²) >= 11 is 0. The molecule has 102 valence electrons. The highest BCUT2D eigenvalue weighted by Gasteiger charge is 2.33. The fraction of sp³-hybridized carbons (Fsp3) is 1.00. The minimum atomic E-state index is -0.270. The Morgan fingerprint density at radius 1 is 1.06 bits per heavy atom. The summed E-state index contributed by atoms with van der Waals surface area (Å²) in [5, 5.41) is 10.5. The molecule has 0 aliphatic heterocycles. The number of aliphatic hydroxyl groups excluding tert-OH is 1. The second-order valence-electron chi connectivity index (χ2n) is 5.39. The van der Waals surface area contributed by atoms with Crippen LogP contribution in [0.4, 0.5) is 0 Å². The minimum absolute atomic E-state index is 0.0743. The minimum Gasteiger partial charge on any atom is -0.390 e. The fourth-order valence-corrected chi connectivity index (χ4v) is 3.21. The summed E-state index contributed by atoms with van der Waals surface area (Å²) in [5.41, 5.74) is 0. The molecule has 1 aliphatic carbocycles. The molecule has 17 heavy (non-hydrogen) atoms. The second kappa shape index (κ2) is 8.10. The van der Waals surface area contributed by atoms with Gasteiger partial charge in [-0.15, -0.1) is 0 Å². The van der Waals surface area contributed by atoms with Crippen LogP contribution in [0.1, 0.15) is 65.7 Å². The molecule has 0 aromatic carbocycles. The van der Waals surface area contributed by atoms with Crippen molar-refractivity contribution in [2.45, 2.75) is 77.9 Å². The van der Waals surface area contributed by atoms with E-state index in [1.807, 2.05) is 6.92 Å². The van der Waals surface area contributed by atoms with Crippen LogP contribution in [0.25, 0.3) is 0 Å². The maximum atomic E-state index is 10.5. The molecular weight excluding hydrogens is 212 g/mol. The van der Waals surface area contributed by atoms with Gasteiger partial charge in [0, 0.05) is 6.61 Å². The molecule has 0 aromatic rings. The molecule has 1 N–H and O–H groups in total. The molecule has 2 nitrogen and oxygen atoms in total. The van der Waals surface area contributed by atoms with Crippen molar-refractivity contribution in [2.75, 3.05) is 6.61 Å². The number of rotatable bonds is 7. The Kier molecular flexibility index (Phi) is 7.14. The first-order valence-corrected chi connectivity index (χ1v) is 7.54. The van der Waals surface area contributed by atoms with Crippen molar-refractivity contribution < 1.29 is 9.84 Å². The molecular formula is C15H30O2. The van der Waals surface area contributed by atoms with E-state index in [1.165, 1.54) is 32.1 Å². The highest BCUT2D eigenvalue weighted by Crippen LogP contribution is 2.32. The Bertz CT molecular complexity index is 183. The van der Waals surface area contributed by atoms with Crippen molar-refractivity contribution in [1.82, 2.24) is 0 Å². The van der Waals surface area contributed by atoms with Crippen molar-refractivity contribution in [1.29, 1.82) is 0 Å². The molecule has 0 spiro atoms. The molecule has 1 aliphatic rings. The summed E-state index contributed by atoms with van der Waals surface area (Å²) < 4.78 is 5.88. The van der Waals surface area contributed by atoms with Crippen LogP contribution in [0.5, 0.6) is 0 Å². The van der Waals surface area contributed by atoms with E-state index >= 15 is 0 Å². The molecule has 2 heteroatoms. The van der Waals surface area contributed by atoms with Crippen molar-refractivity contribution in [3.05, 3.63) is 0 Å². The zero-order chi connectivity index (χ0) is 12.7. The molecule has 1 rings (SSSR count). The molecule has 0 saturated heterocycles. The van der Waals surface area contributed by atoms with Gasteiger partial charge in [0.05, 0.1) is 12.2 Å². The van der Waals surface area contributed by atoms with Crippen LogP contribution in [-0.2, 0) is 4.74 Å². The summed E-state index contributed by atoms with van der Waals surface area (Å²) in [6.45, 7) is 7.09. The van der Waals surface area contributed by atoms with E-state index in [-0.39, 0.29) is 12.2 Å². The van der Waals surface area contributed by atoms with Gasteiger partial charge in [-0.1, -0.05) is 46.0 Å². The van der Waals surface area contributed by atoms with Gasteiger partial charge in [-0.05, 0) is 31.6 Å². The van der Waals surface area contributed by atoms with Crippen molar-refractivity contribution in [2.24, 2.45) is 11.8 Å². The van der Waals surface area contributed by atoms with Crippen LogP contribution in [0.2, 0.25) is 0 Å². The molecule has 1 saturated carbocycles. The zero-order valence-electron chi connectivity index (χ0n) is 11.8. The van der Waals surface area contributed by atoms with Gasteiger partial charge in [-0.2, -0.15) is 0 Å². The summed E-state index contributed by atoms with van der Waals surface area (Å²) in [5.74, 6) is 0.979. The molecule has 1 fully saturated rings. The lowest BCUT2D eigenvalue weighted by molar-refractivity contribution is -0.0942. The third kappa shape index (κ3) is 4.26. The predicted octanol–water partition coefficient (Wildman–Crippen LogP) is 3.77. The van der Waals surface area contributed by atoms with E-state index in [9.17, 15) is 5.11 Å². The summed E-state index contributed by atoms with van der Waals surface area (Å²) in [7, 11) is 0. The topological polar surface area (TPSA) is 29.5 Å². The summed E-state index contributed by atoms with van der Waals surface area (Å²) in [4.78, 5) is 0. The third-order valence-corrected chi connectivity index (χ3v) is 4.34. The molecule has 0 aromatic heterocycles. The van der Waals surface area contributed by atoms with Crippen molar-refractivity contribution in [3.8, 4) is 0 Å². The van der Waals surface area contributed by atoms with Gasteiger partial charge in [0.2, 0.25) is 0 Å². The van der Waals surface area contributed by atoms with Crippen molar-refractivity contribution in [3.63, 3.8) is 0 Å². The first-order chi connectivity index (χ1) is 8.24. The Morgan fingerprint density at radius 2 is 1.65 bits per heavy atom. The standard InChI is InChI=1S/C15H30O2/c1-4-12(5-2)14(16)15(17-6-3)13-10-8-7-9-11-13/h12-16H,4-11H2,1-3H3. The van der Waals surface area contributed by atoms with E-state index in [4.69, 9.17) is 4.74 Å². The Hall–Kier alpha value is -0.0800. The molecule has 0 bridgehead atoms. The molecule has 0 heterocycles. The zero-order valence-corrected chi connectivity index (χ0v) is 11.8. The van der Waals surface area contributed by atoms with Crippen LogP contribution < -0.4 is 0 Å². The van der Waals surface area contributed by atoms with E-state index in [0.717, 1.165) is 19.4 Å². The van der Waals surface area contributed by atoms with Gasteiger partial charge >= 0.3 is 0 Å². The second-order valence-corrected chi connectivity index (χ2v) is 5.39. The van der Waals surface area contributed by atoms with Crippen LogP contribution >= 0.6 is 0 Å². The highest BCUT2D eigenvalue weighted by molar-refractivity contribution is 4.83. The average Bonchev–Trinajstić information content (AvgIpc) is 2.38. The van der Waals surface area contributed by atoms with Gasteiger partial charge in [-0.3, -0.25) is 0 Å². The number of hydrogen-bond acceptors (Lipinski definition) is 2. The largest absolute Gasteiger partial charge is 0.390 e. The number of aliphatic hydroxyl groups is 1. The summed E-state index contributed by atoms with van der Waals surface area (Å²) in [6.07, 6.45) is 8.36. The fourth-order valence-electron chi connectivity index (χ4n) is 3.21. The maximum Gasteiger partial charge on any atom is 0.0864 e. The number of ether oxygens (including phenoxy) is 1. The van der Waals surface area contributed by atoms with E-state index in [1.54, 1.807) is 0 Å². The smallest absolute Gasteiger partial charge is 0.0864 e. The van der Waals surface area contributed by atoms with Crippen LogP contribution in [-0.4, -0.2) is 23.9 Å². The van der Waals surface area contributed by atoms with Gasteiger partial charge in [0.15, 0.2) is 0 Å². The first-order valence-electron chi connectivity index (χ1n) is 7.54. The van der Waals surface area contributed by atoms with Crippen LogP contribution in [0, 0.1) is 11.8 Å². The lowest BCUT2D eigenvalue weighted by Crippen LogP contribution is -2.41. The SMILES string of the molecule is CCOC(C1CCCCC1)C(O)C(CC)CC. The number of hydrogen-bond donors (Lipinski definition) is 1. The lowest BCUT2D eigenvalue weighted by Gasteiger charge is -2.36. The molecule has 0 amide bonds. The predicted molar refractivity (Wildman–Crippen MR) is 72.1 cm³/mol. The Balaban J connectivity index is 2.61. The molecule has 2 unspecified atom stereocenters. The van der Waals surface area contributed by atoms with Crippen LogP contribution in [0.15, 0.2) is 0 Å². The van der Waals surface area contributed by atoms with Gasteiger partial charge < -0.3 is 9.84 Å². The van der Waals surface area contributed by atoms with Gasteiger partial charge in [0.25, 0.3) is 0 Å². The van der Waals surface area contributed by atoms with E-state index < -0.39 is 0 Å². The quantitative estimate of drug-likeness (QED) is 0.736. The molecule has 0 radical (unpaired) electrons. The first kappa shape index (κ1) is 15.0. The highest BCUT2D eigenvalue weighted by atomic mass is 16.5. The lowest BCUT2D eigenvalue weighted by atomic mass is 9.79. The van der Waals surface area contributed by atoms with Gasteiger partial charge in [0.1, 0.15) is 0 Å². The molecule has 2 atom stereocenters. The van der Waals surface area contributed by atoms with Crippen molar-refractivity contribution >= 4 is 0 Å². The average molecular weight is 242 g/mol. The van der Waals surface area contributed by atoms with Crippen LogP contribution in [0.3, 0.4) is 0 Å². The van der Waals surface area contributed by atoms with Gasteiger partial charge in [-0.25, -0.2) is 0 Å². The van der Waals surface area contributed by atoms with E-state index in [2.05, 4.69) is 13.8 Å². The third-order valence-electron chi connectivity index (χ3n) is 4.34. The summed E-state index contributed by atoms with van der Waals surface area (Å²) in [6, 6.07) is 0. The Labute approximate surface area is 107 Å². The Morgan fingerprint density at radius 3 is 2.12 bits per heavy atom. The normalized spacial score (nSPS) is 21.7. The van der Waals surface area contributed by atoms with E-state index in [0.29, 0.717) is 11.8 Å². The monoisotopic (exact) mass is 242 g/mol.